The maximum atomic E-state index is 4.51. The van der Waals surface area contributed by atoms with E-state index >= 15 is 0 Å². The molecule has 0 unspecified atom stereocenters. The van der Waals surface area contributed by atoms with Gasteiger partial charge in [-0.2, -0.15) is 0 Å². The number of hydrogen-bond donors (Lipinski definition) is 1. The van der Waals surface area contributed by atoms with Crippen LogP contribution in [0.2, 0.25) is 0 Å². The summed E-state index contributed by atoms with van der Waals surface area (Å²) in [5.74, 6) is 1.99. The summed E-state index contributed by atoms with van der Waals surface area (Å²) in [5, 5.41) is 3.46. The molecule has 1 N–H and O–H groups in total. The zero-order valence-corrected chi connectivity index (χ0v) is 10.3. The van der Waals surface area contributed by atoms with Crippen molar-refractivity contribution in [2.45, 2.75) is 13.0 Å². The highest BCUT2D eigenvalue weighted by Gasteiger charge is 2.39. The van der Waals surface area contributed by atoms with Gasteiger partial charge in [-0.15, -0.1) is 0 Å². The number of nitrogens with zero attached hydrogens (tertiary/aromatic N) is 2. The summed E-state index contributed by atoms with van der Waals surface area (Å²) in [6.45, 7) is 5.57. The predicted octanol–water partition coefficient (Wildman–Crippen LogP) is 1.56. The molecule has 0 spiro atoms. The summed E-state index contributed by atoms with van der Waals surface area (Å²) in [6.07, 6.45) is 1.88. The number of anilines is 1. The van der Waals surface area contributed by atoms with Crippen LogP contribution in [0.25, 0.3) is 0 Å². The molecule has 0 saturated carbocycles. The highest BCUT2D eigenvalue weighted by molar-refractivity contribution is 9.10. The van der Waals surface area contributed by atoms with Gasteiger partial charge in [0.15, 0.2) is 0 Å². The first-order valence-electron chi connectivity index (χ1n) is 5.34. The number of halogens is 1. The summed E-state index contributed by atoms with van der Waals surface area (Å²) in [5.41, 5.74) is 1.26. The van der Waals surface area contributed by atoms with Gasteiger partial charge >= 0.3 is 0 Å². The van der Waals surface area contributed by atoms with Gasteiger partial charge in [-0.25, -0.2) is 4.98 Å². The molecule has 0 aliphatic carbocycles. The highest BCUT2D eigenvalue weighted by atomic mass is 79.9. The summed E-state index contributed by atoms with van der Waals surface area (Å²) >= 11 is 3.45. The Kier molecular flexibility index (Phi) is 2.21. The number of rotatable bonds is 1. The van der Waals surface area contributed by atoms with E-state index in [1.54, 1.807) is 0 Å². The molecule has 2 aliphatic rings. The van der Waals surface area contributed by atoms with Crippen LogP contribution in [0.15, 0.2) is 16.7 Å². The molecule has 2 atom stereocenters. The normalized spacial score (nSPS) is 28.8. The van der Waals surface area contributed by atoms with Gasteiger partial charge in [-0.3, -0.25) is 0 Å². The summed E-state index contributed by atoms with van der Waals surface area (Å²) in [6, 6.07) is 2.84. The number of aryl methyl sites for hydroxylation is 1. The molecule has 3 nitrogen and oxygen atoms in total. The second-order valence-electron chi connectivity index (χ2n) is 4.47. The van der Waals surface area contributed by atoms with Gasteiger partial charge in [0.25, 0.3) is 0 Å². The maximum absolute atomic E-state index is 4.51. The van der Waals surface area contributed by atoms with Crippen LogP contribution in [-0.2, 0) is 0 Å². The van der Waals surface area contributed by atoms with Crippen molar-refractivity contribution < 1.29 is 0 Å². The molecule has 15 heavy (non-hydrogen) atoms. The maximum Gasteiger partial charge on any atom is 0.131 e. The van der Waals surface area contributed by atoms with Crippen LogP contribution < -0.4 is 10.2 Å². The van der Waals surface area contributed by atoms with Crippen LogP contribution >= 0.6 is 15.9 Å². The average Bonchev–Trinajstić information content (AvgIpc) is 2.44. The molecular formula is C11H14BrN3. The van der Waals surface area contributed by atoms with Gasteiger partial charge in [0.2, 0.25) is 0 Å². The third-order valence-corrected chi connectivity index (χ3v) is 3.83. The lowest BCUT2D eigenvalue weighted by Gasteiger charge is -2.29. The van der Waals surface area contributed by atoms with Crippen LogP contribution in [0.5, 0.6) is 0 Å². The van der Waals surface area contributed by atoms with Crippen molar-refractivity contribution in [3.8, 4) is 0 Å². The minimum Gasteiger partial charge on any atom is -0.354 e. The first-order valence-corrected chi connectivity index (χ1v) is 6.14. The first-order chi connectivity index (χ1) is 7.24. The Balaban J connectivity index is 1.86. The fourth-order valence-electron chi connectivity index (χ4n) is 2.49. The van der Waals surface area contributed by atoms with Crippen LogP contribution in [0.4, 0.5) is 5.82 Å². The van der Waals surface area contributed by atoms with E-state index in [1.807, 2.05) is 6.20 Å². The van der Waals surface area contributed by atoms with Gasteiger partial charge in [0.05, 0.1) is 0 Å². The molecular weight excluding hydrogens is 254 g/mol. The predicted molar refractivity (Wildman–Crippen MR) is 64.2 cm³/mol. The van der Waals surface area contributed by atoms with Crippen LogP contribution in [0, 0.1) is 12.8 Å². The fraction of sp³-hybridized carbons (Fsp3) is 0.545. The van der Waals surface area contributed by atoms with Gasteiger partial charge in [0, 0.05) is 42.3 Å². The topological polar surface area (TPSA) is 28.2 Å². The fourth-order valence-corrected chi connectivity index (χ4v) is 2.93. The molecule has 4 heteroatoms. The highest BCUT2D eigenvalue weighted by Crippen LogP contribution is 2.29. The third kappa shape index (κ3) is 1.56. The molecule has 3 rings (SSSR count). The van der Waals surface area contributed by atoms with Crippen LogP contribution in [0.3, 0.4) is 0 Å². The molecule has 80 valence electrons. The Labute approximate surface area is 98.0 Å². The van der Waals surface area contributed by atoms with Crippen molar-refractivity contribution in [2.24, 2.45) is 5.92 Å². The van der Waals surface area contributed by atoms with Crippen molar-refractivity contribution >= 4 is 21.7 Å². The zero-order chi connectivity index (χ0) is 10.4. The second kappa shape index (κ2) is 3.46. The average molecular weight is 268 g/mol. The summed E-state index contributed by atoms with van der Waals surface area (Å²) < 4.78 is 1.06. The van der Waals surface area contributed by atoms with Gasteiger partial charge < -0.3 is 10.2 Å². The first kappa shape index (κ1) is 9.60. The number of pyridine rings is 1. The van der Waals surface area contributed by atoms with Crippen LogP contribution in [0.1, 0.15) is 5.56 Å². The minimum absolute atomic E-state index is 0.704. The molecule has 2 fully saturated rings. The van der Waals surface area contributed by atoms with Gasteiger partial charge in [0.1, 0.15) is 5.82 Å². The molecule has 1 aromatic rings. The van der Waals surface area contributed by atoms with Crippen molar-refractivity contribution in [1.82, 2.24) is 10.3 Å². The Bertz CT molecular complexity index is 381. The van der Waals surface area contributed by atoms with E-state index in [1.165, 1.54) is 12.1 Å². The van der Waals surface area contributed by atoms with Gasteiger partial charge in [-0.1, -0.05) is 0 Å². The lowest BCUT2D eigenvalue weighted by Crippen LogP contribution is -2.51. The van der Waals surface area contributed by atoms with Crippen molar-refractivity contribution in [3.05, 3.63) is 22.3 Å². The summed E-state index contributed by atoms with van der Waals surface area (Å²) in [4.78, 5) is 6.91. The molecule has 0 aromatic carbocycles. The molecule has 2 saturated heterocycles. The molecule has 0 amide bonds. The van der Waals surface area contributed by atoms with E-state index in [2.05, 4.69) is 44.1 Å². The Morgan fingerprint density at radius 1 is 1.53 bits per heavy atom. The van der Waals surface area contributed by atoms with E-state index in [0.29, 0.717) is 6.04 Å². The van der Waals surface area contributed by atoms with Crippen molar-refractivity contribution in [2.75, 3.05) is 24.5 Å². The molecule has 3 heterocycles. The lowest BCUT2D eigenvalue weighted by atomic mass is 9.96. The third-order valence-electron chi connectivity index (χ3n) is 3.40. The molecule has 0 bridgehead atoms. The Hall–Kier alpha value is -0.610. The second-order valence-corrected chi connectivity index (χ2v) is 5.39. The molecule has 0 radical (unpaired) electrons. The Morgan fingerprint density at radius 3 is 2.93 bits per heavy atom. The van der Waals surface area contributed by atoms with E-state index in [4.69, 9.17) is 0 Å². The Morgan fingerprint density at radius 2 is 2.40 bits per heavy atom. The van der Waals surface area contributed by atoms with E-state index in [0.717, 1.165) is 29.3 Å². The number of aromatic nitrogens is 1. The van der Waals surface area contributed by atoms with E-state index in [9.17, 15) is 0 Å². The van der Waals surface area contributed by atoms with Crippen LogP contribution in [-0.4, -0.2) is 30.7 Å². The van der Waals surface area contributed by atoms with E-state index in [-0.39, 0.29) is 0 Å². The van der Waals surface area contributed by atoms with E-state index < -0.39 is 0 Å². The van der Waals surface area contributed by atoms with Crippen molar-refractivity contribution in [3.63, 3.8) is 0 Å². The molecule has 2 aliphatic heterocycles. The number of fused-ring (bicyclic) bond motifs is 1. The molecule has 1 aromatic heterocycles. The summed E-state index contributed by atoms with van der Waals surface area (Å²) in [7, 11) is 0. The SMILES string of the molecule is Cc1cc(Br)cnc1N1C[C@@H]2CN[C@@H]2C1. The number of hydrogen-bond acceptors (Lipinski definition) is 3. The minimum atomic E-state index is 0.704. The monoisotopic (exact) mass is 267 g/mol. The van der Waals surface area contributed by atoms with Gasteiger partial charge in [-0.05, 0) is 34.5 Å². The zero-order valence-electron chi connectivity index (χ0n) is 8.70. The van der Waals surface area contributed by atoms with Crippen molar-refractivity contribution in [1.29, 1.82) is 0 Å². The standard InChI is InChI=1S/C11H14BrN3/c1-7-2-9(12)4-14-11(7)15-5-8-3-13-10(8)6-15/h2,4,8,10,13H,3,5-6H2,1H3/t8-,10+/m0/s1. The largest absolute Gasteiger partial charge is 0.354 e. The quantitative estimate of drug-likeness (QED) is 0.837. The smallest absolute Gasteiger partial charge is 0.131 e. The lowest BCUT2D eigenvalue weighted by molar-refractivity contribution is 0.297. The number of nitrogens with one attached hydrogen (secondary N) is 1.